The summed E-state index contributed by atoms with van der Waals surface area (Å²) in [4.78, 5) is 9.18. The van der Waals surface area contributed by atoms with E-state index in [4.69, 9.17) is 9.73 Å². The van der Waals surface area contributed by atoms with Crippen molar-refractivity contribution >= 4 is 40.8 Å². The molecule has 0 aliphatic carbocycles. The fourth-order valence-corrected chi connectivity index (χ4v) is 2.82. The van der Waals surface area contributed by atoms with Crippen LogP contribution in [-0.4, -0.2) is 36.7 Å². The van der Waals surface area contributed by atoms with Crippen LogP contribution in [0, 0.1) is 0 Å². The summed E-state index contributed by atoms with van der Waals surface area (Å²) in [5.41, 5.74) is 2.16. The smallest absolute Gasteiger partial charge is 0.191 e. The molecule has 0 amide bonds. The van der Waals surface area contributed by atoms with Gasteiger partial charge < -0.3 is 15.4 Å². The number of guanidine groups is 1. The highest BCUT2D eigenvalue weighted by Crippen LogP contribution is 2.16. The number of hydrogen-bond donors (Lipinski definition) is 2. The molecule has 1 aromatic carbocycles. The molecule has 1 unspecified atom stereocenters. The lowest BCUT2D eigenvalue weighted by molar-refractivity contribution is 0.114. The molecule has 0 bridgehead atoms. The van der Waals surface area contributed by atoms with Gasteiger partial charge in [-0.15, -0.1) is 24.0 Å². The van der Waals surface area contributed by atoms with E-state index in [-0.39, 0.29) is 24.0 Å². The molecule has 1 atom stereocenters. The molecule has 2 N–H and O–H groups in total. The molecule has 1 fully saturated rings. The van der Waals surface area contributed by atoms with Gasteiger partial charge in [0.2, 0.25) is 0 Å². The Balaban J connectivity index is 0.00000208. The van der Waals surface area contributed by atoms with Crippen LogP contribution in [-0.2, 0) is 11.3 Å². The molecule has 2 heterocycles. The number of benzene rings is 1. The Labute approximate surface area is 160 Å². The molecule has 6 heteroatoms. The van der Waals surface area contributed by atoms with Crippen LogP contribution in [0.3, 0.4) is 0 Å². The maximum absolute atomic E-state index is 5.65. The zero-order valence-corrected chi connectivity index (χ0v) is 16.3. The van der Waals surface area contributed by atoms with Crippen molar-refractivity contribution in [3.8, 4) is 0 Å². The summed E-state index contributed by atoms with van der Waals surface area (Å²) in [6, 6.07) is 10.3. The number of para-hydroxylation sites is 1. The Hall–Kier alpha value is -1.41. The molecular weight excluding hydrogens is 415 g/mol. The van der Waals surface area contributed by atoms with Crippen LogP contribution in [0.25, 0.3) is 10.9 Å². The largest absolute Gasteiger partial charge is 0.376 e. The molecule has 1 aliphatic heterocycles. The number of hydrogen-bond acceptors (Lipinski definition) is 3. The second-order valence-electron chi connectivity index (χ2n) is 5.70. The molecule has 1 aromatic heterocycles. The summed E-state index contributed by atoms with van der Waals surface area (Å²) >= 11 is 0. The SMILES string of the molecule is CCNC(=NCc1cccc2cccnc12)NCC1CCCO1.I. The van der Waals surface area contributed by atoms with E-state index >= 15 is 0 Å². The average Bonchev–Trinajstić information content (AvgIpc) is 3.11. The van der Waals surface area contributed by atoms with Gasteiger partial charge in [-0.05, 0) is 31.4 Å². The lowest BCUT2D eigenvalue weighted by atomic mass is 10.1. The highest BCUT2D eigenvalue weighted by atomic mass is 127. The summed E-state index contributed by atoms with van der Waals surface area (Å²) in [5.74, 6) is 0.830. The number of ether oxygens (including phenoxy) is 1. The van der Waals surface area contributed by atoms with Crippen molar-refractivity contribution in [1.82, 2.24) is 15.6 Å². The number of aromatic nitrogens is 1. The van der Waals surface area contributed by atoms with Gasteiger partial charge in [-0.25, -0.2) is 4.99 Å². The second kappa shape index (κ2) is 9.78. The van der Waals surface area contributed by atoms with Crippen molar-refractivity contribution in [2.24, 2.45) is 4.99 Å². The standard InChI is InChI=1S/C18H24N4O.HI/c1-2-19-18(22-13-16-9-5-11-23-16)21-12-15-7-3-6-14-8-4-10-20-17(14)15;/h3-4,6-8,10,16H,2,5,9,11-13H2,1H3,(H2,19,21,22);1H. The maximum Gasteiger partial charge on any atom is 0.191 e. The number of fused-ring (bicyclic) bond motifs is 1. The van der Waals surface area contributed by atoms with E-state index in [0.29, 0.717) is 12.6 Å². The van der Waals surface area contributed by atoms with Crippen molar-refractivity contribution in [3.63, 3.8) is 0 Å². The van der Waals surface area contributed by atoms with E-state index < -0.39 is 0 Å². The van der Waals surface area contributed by atoms with Gasteiger partial charge in [0, 0.05) is 31.3 Å². The number of nitrogens with one attached hydrogen (secondary N) is 2. The summed E-state index contributed by atoms with van der Waals surface area (Å²) in [7, 11) is 0. The molecule has 0 radical (unpaired) electrons. The number of pyridine rings is 1. The second-order valence-corrected chi connectivity index (χ2v) is 5.70. The Kier molecular flexibility index (Phi) is 7.71. The third-order valence-corrected chi connectivity index (χ3v) is 3.99. The first-order valence-electron chi connectivity index (χ1n) is 8.33. The summed E-state index contributed by atoms with van der Waals surface area (Å²) in [6.07, 6.45) is 4.41. The Bertz CT molecular complexity index is 666. The third-order valence-electron chi connectivity index (χ3n) is 3.99. The quantitative estimate of drug-likeness (QED) is 0.426. The fraction of sp³-hybridized carbons (Fsp3) is 0.444. The molecular formula is C18H25IN4O. The highest BCUT2D eigenvalue weighted by molar-refractivity contribution is 14.0. The molecule has 5 nitrogen and oxygen atoms in total. The van der Waals surface area contributed by atoms with Gasteiger partial charge in [-0.2, -0.15) is 0 Å². The molecule has 1 aliphatic rings. The van der Waals surface area contributed by atoms with Crippen LogP contribution in [0.2, 0.25) is 0 Å². The zero-order chi connectivity index (χ0) is 15.9. The molecule has 1 saturated heterocycles. The number of rotatable bonds is 5. The van der Waals surface area contributed by atoms with Gasteiger partial charge in [0.05, 0.1) is 18.2 Å². The predicted molar refractivity (Wildman–Crippen MR) is 109 cm³/mol. The first kappa shape index (κ1) is 18.9. The maximum atomic E-state index is 5.65. The molecule has 0 saturated carbocycles. The minimum absolute atomic E-state index is 0. The zero-order valence-electron chi connectivity index (χ0n) is 14.0. The average molecular weight is 440 g/mol. The monoisotopic (exact) mass is 440 g/mol. The van der Waals surface area contributed by atoms with Gasteiger partial charge in [0.25, 0.3) is 0 Å². The Morgan fingerprint density at radius 1 is 1.29 bits per heavy atom. The lowest BCUT2D eigenvalue weighted by Gasteiger charge is -2.15. The van der Waals surface area contributed by atoms with E-state index in [1.54, 1.807) is 0 Å². The molecule has 3 rings (SSSR count). The van der Waals surface area contributed by atoms with E-state index in [2.05, 4.69) is 46.8 Å². The highest BCUT2D eigenvalue weighted by Gasteiger charge is 2.15. The summed E-state index contributed by atoms with van der Waals surface area (Å²) in [5, 5.41) is 7.81. The molecule has 2 aromatic rings. The van der Waals surface area contributed by atoms with Crippen molar-refractivity contribution in [1.29, 1.82) is 0 Å². The third kappa shape index (κ3) is 5.04. The van der Waals surface area contributed by atoms with Gasteiger partial charge >= 0.3 is 0 Å². The fourth-order valence-electron chi connectivity index (χ4n) is 2.82. The van der Waals surface area contributed by atoms with Crippen molar-refractivity contribution in [2.45, 2.75) is 32.4 Å². The lowest BCUT2D eigenvalue weighted by Crippen LogP contribution is -2.41. The summed E-state index contributed by atoms with van der Waals surface area (Å²) < 4.78 is 5.65. The molecule has 130 valence electrons. The van der Waals surface area contributed by atoms with Crippen LogP contribution in [0.5, 0.6) is 0 Å². The van der Waals surface area contributed by atoms with E-state index in [1.165, 1.54) is 0 Å². The predicted octanol–water partition coefficient (Wildman–Crippen LogP) is 3.09. The normalized spacial score (nSPS) is 17.5. The van der Waals surface area contributed by atoms with Gasteiger partial charge in [-0.1, -0.05) is 24.3 Å². The molecule has 0 spiro atoms. The Morgan fingerprint density at radius 2 is 2.17 bits per heavy atom. The van der Waals surface area contributed by atoms with Crippen molar-refractivity contribution < 1.29 is 4.74 Å². The van der Waals surface area contributed by atoms with Crippen LogP contribution >= 0.6 is 24.0 Å². The van der Waals surface area contributed by atoms with E-state index in [9.17, 15) is 0 Å². The van der Waals surface area contributed by atoms with Crippen LogP contribution < -0.4 is 10.6 Å². The van der Waals surface area contributed by atoms with E-state index in [0.717, 1.165) is 55.0 Å². The van der Waals surface area contributed by atoms with Crippen LogP contribution in [0.1, 0.15) is 25.3 Å². The van der Waals surface area contributed by atoms with Gasteiger partial charge in [0.1, 0.15) is 0 Å². The van der Waals surface area contributed by atoms with Crippen LogP contribution in [0.4, 0.5) is 0 Å². The van der Waals surface area contributed by atoms with Crippen LogP contribution in [0.15, 0.2) is 41.5 Å². The minimum Gasteiger partial charge on any atom is -0.376 e. The minimum atomic E-state index is 0. The van der Waals surface area contributed by atoms with Crippen molar-refractivity contribution in [3.05, 3.63) is 42.1 Å². The summed E-state index contributed by atoms with van der Waals surface area (Å²) in [6.45, 7) is 5.20. The first-order valence-corrected chi connectivity index (χ1v) is 8.33. The van der Waals surface area contributed by atoms with E-state index in [1.807, 2.05) is 12.3 Å². The topological polar surface area (TPSA) is 58.5 Å². The molecule has 24 heavy (non-hydrogen) atoms. The van der Waals surface area contributed by atoms with Gasteiger partial charge in [-0.3, -0.25) is 4.98 Å². The van der Waals surface area contributed by atoms with Gasteiger partial charge in [0.15, 0.2) is 5.96 Å². The van der Waals surface area contributed by atoms with Crippen molar-refractivity contribution in [2.75, 3.05) is 19.7 Å². The number of aliphatic imine (C=N–C) groups is 1. The number of nitrogens with zero attached hydrogens (tertiary/aromatic N) is 2. The Morgan fingerprint density at radius 3 is 2.96 bits per heavy atom. The number of halogens is 1. The first-order chi connectivity index (χ1) is 11.4.